The van der Waals surface area contributed by atoms with E-state index in [0.717, 1.165) is 22.2 Å². The van der Waals surface area contributed by atoms with Gasteiger partial charge in [-0.3, -0.25) is 4.72 Å². The Bertz CT molecular complexity index is 836. The highest BCUT2D eigenvalue weighted by Crippen LogP contribution is 2.29. The van der Waals surface area contributed by atoms with E-state index in [2.05, 4.69) is 9.71 Å². The maximum absolute atomic E-state index is 12.2. The van der Waals surface area contributed by atoms with E-state index in [1.165, 1.54) is 6.07 Å². The Morgan fingerprint density at radius 1 is 1.16 bits per heavy atom. The maximum atomic E-state index is 12.2. The maximum Gasteiger partial charge on any atom is 0.271 e. The van der Waals surface area contributed by atoms with Gasteiger partial charge >= 0.3 is 0 Å². The second kappa shape index (κ2) is 4.56. The SMILES string of the molecule is O=S(=O)(Nc1cccc2[nH]ccc12)c1ccc(Cl)s1. The number of aromatic amines is 1. The van der Waals surface area contributed by atoms with Gasteiger partial charge in [0.05, 0.1) is 10.0 Å². The van der Waals surface area contributed by atoms with Crippen molar-refractivity contribution in [3.05, 3.63) is 46.9 Å². The molecule has 0 spiro atoms. The summed E-state index contributed by atoms with van der Waals surface area (Å²) in [6, 6.07) is 10.3. The highest BCUT2D eigenvalue weighted by atomic mass is 35.5. The summed E-state index contributed by atoms with van der Waals surface area (Å²) in [5.41, 5.74) is 1.42. The van der Waals surface area contributed by atoms with Crippen LogP contribution in [0.25, 0.3) is 10.9 Å². The molecule has 2 heterocycles. The van der Waals surface area contributed by atoms with E-state index in [0.29, 0.717) is 10.0 Å². The zero-order chi connectivity index (χ0) is 13.5. The molecule has 3 rings (SSSR count). The van der Waals surface area contributed by atoms with Crippen molar-refractivity contribution in [2.75, 3.05) is 4.72 Å². The second-order valence-electron chi connectivity index (χ2n) is 3.91. The van der Waals surface area contributed by atoms with Crippen molar-refractivity contribution in [2.24, 2.45) is 0 Å². The van der Waals surface area contributed by atoms with E-state index < -0.39 is 10.0 Å². The van der Waals surface area contributed by atoms with Crippen molar-refractivity contribution >= 4 is 49.6 Å². The summed E-state index contributed by atoms with van der Waals surface area (Å²) in [6.07, 6.45) is 1.77. The summed E-state index contributed by atoms with van der Waals surface area (Å²) >= 11 is 6.80. The van der Waals surface area contributed by atoms with Crippen LogP contribution in [-0.2, 0) is 10.0 Å². The van der Waals surface area contributed by atoms with E-state index in [4.69, 9.17) is 11.6 Å². The molecule has 7 heteroatoms. The lowest BCUT2D eigenvalue weighted by molar-refractivity contribution is 0.603. The van der Waals surface area contributed by atoms with Gasteiger partial charge in [0.2, 0.25) is 0 Å². The number of halogens is 1. The Balaban J connectivity index is 2.03. The summed E-state index contributed by atoms with van der Waals surface area (Å²) in [5.74, 6) is 0. The van der Waals surface area contributed by atoms with E-state index in [-0.39, 0.29) is 4.21 Å². The Morgan fingerprint density at radius 2 is 2.00 bits per heavy atom. The molecule has 0 fully saturated rings. The fourth-order valence-corrected chi connectivity index (χ4v) is 4.37. The van der Waals surface area contributed by atoms with Gasteiger partial charge in [-0.2, -0.15) is 0 Å². The zero-order valence-corrected chi connectivity index (χ0v) is 11.9. The molecule has 2 aromatic heterocycles. The van der Waals surface area contributed by atoms with E-state index in [9.17, 15) is 8.42 Å². The fourth-order valence-electron chi connectivity index (χ4n) is 1.81. The minimum atomic E-state index is -3.59. The average Bonchev–Trinajstić information content (AvgIpc) is 2.97. The van der Waals surface area contributed by atoms with Gasteiger partial charge in [0.25, 0.3) is 10.0 Å². The number of rotatable bonds is 3. The first-order chi connectivity index (χ1) is 9.06. The van der Waals surface area contributed by atoms with E-state index >= 15 is 0 Å². The number of fused-ring (bicyclic) bond motifs is 1. The summed E-state index contributed by atoms with van der Waals surface area (Å²) in [4.78, 5) is 3.04. The molecular formula is C12H9ClN2O2S2. The van der Waals surface area contributed by atoms with Crippen LogP contribution < -0.4 is 4.72 Å². The largest absolute Gasteiger partial charge is 0.361 e. The molecule has 4 nitrogen and oxygen atoms in total. The predicted octanol–water partition coefficient (Wildman–Crippen LogP) is 3.68. The lowest BCUT2D eigenvalue weighted by Gasteiger charge is -2.07. The molecule has 0 unspecified atom stereocenters. The van der Waals surface area contributed by atoms with Gasteiger partial charge in [-0.15, -0.1) is 11.3 Å². The molecule has 19 heavy (non-hydrogen) atoms. The fraction of sp³-hybridized carbons (Fsp3) is 0. The van der Waals surface area contributed by atoms with Crippen LogP contribution >= 0.6 is 22.9 Å². The monoisotopic (exact) mass is 312 g/mol. The number of benzene rings is 1. The van der Waals surface area contributed by atoms with Crippen LogP contribution in [0.15, 0.2) is 46.8 Å². The predicted molar refractivity (Wildman–Crippen MR) is 78.4 cm³/mol. The minimum Gasteiger partial charge on any atom is -0.361 e. The van der Waals surface area contributed by atoms with Crippen molar-refractivity contribution < 1.29 is 8.42 Å². The van der Waals surface area contributed by atoms with Crippen LogP contribution in [-0.4, -0.2) is 13.4 Å². The Labute approximate surface area is 119 Å². The van der Waals surface area contributed by atoms with Crippen LogP contribution in [0.3, 0.4) is 0 Å². The number of hydrogen-bond acceptors (Lipinski definition) is 3. The molecule has 1 aromatic carbocycles. The van der Waals surface area contributed by atoms with Gasteiger partial charge in [-0.25, -0.2) is 8.42 Å². The quantitative estimate of drug-likeness (QED) is 0.775. The first-order valence-corrected chi connectivity index (χ1v) is 8.08. The van der Waals surface area contributed by atoms with Gasteiger partial charge in [0.1, 0.15) is 4.21 Å². The summed E-state index contributed by atoms with van der Waals surface area (Å²) in [6.45, 7) is 0. The van der Waals surface area contributed by atoms with Crippen LogP contribution in [0.4, 0.5) is 5.69 Å². The molecular weight excluding hydrogens is 304 g/mol. The Morgan fingerprint density at radius 3 is 2.74 bits per heavy atom. The zero-order valence-electron chi connectivity index (χ0n) is 9.55. The number of thiophene rings is 1. The highest BCUT2D eigenvalue weighted by molar-refractivity contribution is 7.94. The number of H-pyrrole nitrogens is 1. The van der Waals surface area contributed by atoms with Crippen LogP contribution in [0.5, 0.6) is 0 Å². The van der Waals surface area contributed by atoms with Gasteiger partial charge in [-0.05, 0) is 30.3 Å². The standard InChI is InChI=1S/C12H9ClN2O2S2/c13-11-4-5-12(18-11)19(16,17)15-10-3-1-2-9-8(10)6-7-14-9/h1-7,14-15H. The third kappa shape index (κ3) is 2.34. The summed E-state index contributed by atoms with van der Waals surface area (Å²) < 4.78 is 27.6. The van der Waals surface area contributed by atoms with E-state index in [1.54, 1.807) is 24.4 Å². The minimum absolute atomic E-state index is 0.199. The summed E-state index contributed by atoms with van der Waals surface area (Å²) in [5, 5.41) is 0.828. The molecule has 0 aliphatic carbocycles. The molecule has 0 amide bonds. The third-order valence-electron chi connectivity index (χ3n) is 2.65. The molecule has 0 aliphatic heterocycles. The lowest BCUT2D eigenvalue weighted by atomic mass is 10.2. The Kier molecular flexibility index (Phi) is 3.00. The topological polar surface area (TPSA) is 62.0 Å². The molecule has 0 atom stereocenters. The van der Waals surface area contributed by atoms with Crippen molar-refractivity contribution in [2.45, 2.75) is 4.21 Å². The van der Waals surface area contributed by atoms with Crippen LogP contribution in [0.1, 0.15) is 0 Å². The molecule has 98 valence electrons. The van der Waals surface area contributed by atoms with Gasteiger partial charge in [-0.1, -0.05) is 17.7 Å². The number of nitrogens with one attached hydrogen (secondary N) is 2. The number of sulfonamides is 1. The Hall–Kier alpha value is -1.50. The van der Waals surface area contributed by atoms with Crippen molar-refractivity contribution in [3.8, 4) is 0 Å². The average molecular weight is 313 g/mol. The molecule has 0 saturated heterocycles. The third-order valence-corrected chi connectivity index (χ3v) is 5.74. The van der Waals surface area contributed by atoms with Crippen LogP contribution in [0, 0.1) is 0 Å². The number of hydrogen-bond donors (Lipinski definition) is 2. The number of aromatic nitrogens is 1. The molecule has 2 N–H and O–H groups in total. The highest BCUT2D eigenvalue weighted by Gasteiger charge is 2.17. The van der Waals surface area contributed by atoms with Crippen molar-refractivity contribution in [3.63, 3.8) is 0 Å². The normalized spacial score (nSPS) is 11.8. The smallest absolute Gasteiger partial charge is 0.271 e. The van der Waals surface area contributed by atoms with E-state index in [1.807, 2.05) is 12.1 Å². The lowest BCUT2D eigenvalue weighted by Crippen LogP contribution is -2.11. The number of anilines is 1. The van der Waals surface area contributed by atoms with Crippen molar-refractivity contribution in [1.29, 1.82) is 0 Å². The first kappa shape index (κ1) is 12.5. The molecule has 3 aromatic rings. The van der Waals surface area contributed by atoms with Gasteiger partial charge < -0.3 is 4.98 Å². The summed E-state index contributed by atoms with van der Waals surface area (Å²) in [7, 11) is -3.59. The molecule has 0 aliphatic rings. The van der Waals surface area contributed by atoms with Crippen molar-refractivity contribution in [1.82, 2.24) is 4.98 Å². The molecule has 0 bridgehead atoms. The molecule has 0 radical (unpaired) electrons. The second-order valence-corrected chi connectivity index (χ2v) is 7.53. The van der Waals surface area contributed by atoms with Crippen LogP contribution in [0.2, 0.25) is 4.34 Å². The van der Waals surface area contributed by atoms with Gasteiger partial charge in [0.15, 0.2) is 0 Å². The first-order valence-electron chi connectivity index (χ1n) is 5.40. The van der Waals surface area contributed by atoms with Gasteiger partial charge in [0, 0.05) is 17.1 Å². The molecule has 0 saturated carbocycles.